The Morgan fingerprint density at radius 2 is 1.81 bits per heavy atom. The summed E-state index contributed by atoms with van der Waals surface area (Å²) in [4.78, 5) is 0. The van der Waals surface area contributed by atoms with Crippen LogP contribution in [0.15, 0.2) is 35.7 Å². The Labute approximate surface area is 146 Å². The van der Waals surface area contributed by atoms with Gasteiger partial charge >= 0.3 is 0 Å². The number of halogens is 1. The van der Waals surface area contributed by atoms with E-state index in [0.29, 0.717) is 6.04 Å². The summed E-state index contributed by atoms with van der Waals surface area (Å²) in [5.41, 5.74) is 4.39. The van der Waals surface area contributed by atoms with Crippen LogP contribution in [-0.4, -0.2) is 6.54 Å². The quantitative estimate of drug-likeness (QED) is 0.596. The summed E-state index contributed by atoms with van der Waals surface area (Å²) in [7, 11) is 0. The first-order chi connectivity index (χ1) is 9.97. The molecule has 0 saturated carbocycles. The normalized spacial score (nSPS) is 13.4. The van der Waals surface area contributed by atoms with Gasteiger partial charge in [-0.1, -0.05) is 52.0 Å². The lowest BCUT2D eigenvalue weighted by atomic mass is 9.81. The maximum Gasteiger partial charge on any atom is 0.0656 e. The van der Waals surface area contributed by atoms with Crippen LogP contribution >= 0.6 is 33.9 Å². The molecule has 1 heterocycles. The van der Waals surface area contributed by atoms with Gasteiger partial charge in [0, 0.05) is 0 Å². The van der Waals surface area contributed by atoms with Crippen LogP contribution in [0.1, 0.15) is 56.8 Å². The molecule has 0 saturated heterocycles. The summed E-state index contributed by atoms with van der Waals surface area (Å²) < 4.78 is 1.34. The smallest absolute Gasteiger partial charge is 0.0656 e. The van der Waals surface area contributed by atoms with Gasteiger partial charge < -0.3 is 5.32 Å². The molecular formula is C18H24INS. The van der Waals surface area contributed by atoms with Crippen LogP contribution in [0.3, 0.4) is 0 Å². The first kappa shape index (κ1) is 17.0. The molecule has 1 aromatic carbocycles. The third-order valence-electron chi connectivity index (χ3n) is 4.24. The Kier molecular flexibility index (Phi) is 5.86. The third kappa shape index (κ3) is 4.08. The van der Waals surface area contributed by atoms with Gasteiger partial charge in [0.2, 0.25) is 0 Å². The van der Waals surface area contributed by atoms with Gasteiger partial charge in [-0.15, -0.1) is 11.3 Å². The van der Waals surface area contributed by atoms with Crippen molar-refractivity contribution in [1.29, 1.82) is 0 Å². The van der Waals surface area contributed by atoms with Crippen LogP contribution in [0.25, 0.3) is 0 Å². The van der Waals surface area contributed by atoms with Crippen LogP contribution in [-0.2, 0) is 5.41 Å². The highest BCUT2D eigenvalue weighted by atomic mass is 127. The Bertz CT molecular complexity index is 571. The predicted molar refractivity (Wildman–Crippen MR) is 102 cm³/mol. The molecule has 0 fully saturated rings. The molecule has 0 spiro atoms. The Morgan fingerprint density at radius 1 is 1.14 bits per heavy atom. The minimum Gasteiger partial charge on any atom is -0.307 e. The standard InChI is InChI=1S/C18H24INS/c1-5-18(3,4)15-9-7-13(8-10-15)17(20-6-2)14-11-16(19)21-12-14/h7-12,17,20H,5-6H2,1-4H3. The lowest BCUT2D eigenvalue weighted by Gasteiger charge is -2.24. The van der Waals surface area contributed by atoms with E-state index in [-0.39, 0.29) is 5.41 Å². The van der Waals surface area contributed by atoms with Crippen molar-refractivity contribution in [3.8, 4) is 0 Å². The largest absolute Gasteiger partial charge is 0.307 e. The van der Waals surface area contributed by atoms with Gasteiger partial charge in [-0.25, -0.2) is 0 Å². The lowest BCUT2D eigenvalue weighted by Crippen LogP contribution is -2.22. The predicted octanol–water partition coefficient (Wildman–Crippen LogP) is 5.74. The molecule has 21 heavy (non-hydrogen) atoms. The Balaban J connectivity index is 2.29. The Hall–Kier alpha value is -0.390. The highest BCUT2D eigenvalue weighted by Gasteiger charge is 2.19. The van der Waals surface area contributed by atoms with Crippen LogP contribution in [0.2, 0.25) is 0 Å². The minimum absolute atomic E-state index is 0.254. The molecule has 114 valence electrons. The summed E-state index contributed by atoms with van der Waals surface area (Å²) in [6.07, 6.45) is 1.16. The van der Waals surface area contributed by atoms with Gasteiger partial charge in [-0.05, 0) is 69.1 Å². The molecule has 1 N–H and O–H groups in total. The molecule has 0 bridgehead atoms. The van der Waals surface area contributed by atoms with Crippen molar-refractivity contribution in [3.63, 3.8) is 0 Å². The average molecular weight is 413 g/mol. The Morgan fingerprint density at radius 3 is 2.29 bits per heavy atom. The van der Waals surface area contributed by atoms with E-state index >= 15 is 0 Å². The third-order valence-corrected chi connectivity index (χ3v) is 6.05. The second-order valence-electron chi connectivity index (χ2n) is 6.03. The maximum absolute atomic E-state index is 3.60. The summed E-state index contributed by atoms with van der Waals surface area (Å²) in [5.74, 6) is 0. The van der Waals surface area contributed by atoms with Crippen molar-refractivity contribution < 1.29 is 0 Å². The van der Waals surface area contributed by atoms with E-state index in [9.17, 15) is 0 Å². The van der Waals surface area contributed by atoms with Gasteiger partial charge in [-0.3, -0.25) is 0 Å². The maximum atomic E-state index is 3.60. The number of nitrogens with one attached hydrogen (secondary N) is 1. The van der Waals surface area contributed by atoms with Gasteiger partial charge in [0.25, 0.3) is 0 Å². The zero-order valence-electron chi connectivity index (χ0n) is 13.2. The van der Waals surface area contributed by atoms with Crippen molar-refractivity contribution >= 4 is 33.9 Å². The fourth-order valence-corrected chi connectivity index (χ4v) is 3.84. The molecule has 0 aliphatic rings. The second-order valence-corrected chi connectivity index (χ2v) is 8.84. The molecule has 0 amide bonds. The molecule has 3 heteroatoms. The summed E-state index contributed by atoms with van der Waals surface area (Å²) >= 11 is 4.20. The summed E-state index contributed by atoms with van der Waals surface area (Å²) in [6.45, 7) is 10.0. The van der Waals surface area contributed by atoms with Crippen LogP contribution in [0.4, 0.5) is 0 Å². The molecule has 0 radical (unpaired) electrons. The van der Waals surface area contributed by atoms with Gasteiger partial charge in [0.1, 0.15) is 0 Å². The minimum atomic E-state index is 0.254. The molecule has 0 aliphatic carbocycles. The average Bonchev–Trinajstić information content (AvgIpc) is 2.91. The first-order valence-corrected chi connectivity index (χ1v) is 9.51. The zero-order chi connectivity index (χ0) is 15.5. The summed E-state index contributed by atoms with van der Waals surface area (Å²) in [5, 5.41) is 5.87. The van der Waals surface area contributed by atoms with E-state index < -0.39 is 0 Å². The zero-order valence-corrected chi connectivity index (χ0v) is 16.2. The van der Waals surface area contributed by atoms with Crippen LogP contribution in [0, 0.1) is 2.88 Å². The van der Waals surface area contributed by atoms with Gasteiger partial charge in [0.15, 0.2) is 0 Å². The lowest BCUT2D eigenvalue weighted by molar-refractivity contribution is 0.505. The molecule has 2 rings (SSSR count). The van der Waals surface area contributed by atoms with Gasteiger partial charge in [-0.2, -0.15) is 0 Å². The van der Waals surface area contributed by atoms with E-state index in [1.165, 1.54) is 19.6 Å². The van der Waals surface area contributed by atoms with Crippen molar-refractivity contribution in [2.75, 3.05) is 6.54 Å². The van der Waals surface area contributed by atoms with E-state index in [0.717, 1.165) is 13.0 Å². The van der Waals surface area contributed by atoms with E-state index in [2.05, 4.69) is 91.3 Å². The van der Waals surface area contributed by atoms with Crippen molar-refractivity contribution in [2.24, 2.45) is 0 Å². The molecule has 1 nitrogen and oxygen atoms in total. The molecule has 2 aromatic rings. The SMILES string of the molecule is CCNC(c1ccc(C(C)(C)CC)cc1)c1csc(I)c1. The van der Waals surface area contributed by atoms with Gasteiger partial charge in [0.05, 0.1) is 8.93 Å². The number of hydrogen-bond donors (Lipinski definition) is 1. The van der Waals surface area contributed by atoms with Crippen molar-refractivity contribution in [2.45, 2.75) is 45.6 Å². The van der Waals surface area contributed by atoms with E-state index in [1.807, 2.05) is 11.3 Å². The molecule has 1 atom stereocenters. The molecule has 1 unspecified atom stereocenters. The molecule has 0 aliphatic heterocycles. The van der Waals surface area contributed by atoms with Crippen molar-refractivity contribution in [1.82, 2.24) is 5.32 Å². The monoisotopic (exact) mass is 413 g/mol. The van der Waals surface area contributed by atoms with E-state index in [4.69, 9.17) is 0 Å². The molecular weight excluding hydrogens is 389 g/mol. The van der Waals surface area contributed by atoms with Crippen LogP contribution in [0.5, 0.6) is 0 Å². The van der Waals surface area contributed by atoms with Crippen LogP contribution < -0.4 is 5.32 Å². The highest BCUT2D eigenvalue weighted by Crippen LogP contribution is 2.31. The number of hydrogen-bond acceptors (Lipinski definition) is 2. The summed E-state index contributed by atoms with van der Waals surface area (Å²) in [6, 6.07) is 11.7. The van der Waals surface area contributed by atoms with Crippen molar-refractivity contribution in [3.05, 3.63) is 55.3 Å². The second kappa shape index (κ2) is 7.25. The topological polar surface area (TPSA) is 12.0 Å². The number of thiophene rings is 1. The number of rotatable bonds is 6. The fraction of sp³-hybridized carbons (Fsp3) is 0.444. The molecule has 1 aromatic heterocycles. The fourth-order valence-electron chi connectivity index (χ4n) is 2.44. The highest BCUT2D eigenvalue weighted by molar-refractivity contribution is 14.1. The first-order valence-electron chi connectivity index (χ1n) is 7.55. The number of benzene rings is 1. The van der Waals surface area contributed by atoms with E-state index in [1.54, 1.807) is 0 Å².